The fraction of sp³-hybridized carbons (Fsp3) is 0. The summed E-state index contributed by atoms with van der Waals surface area (Å²) in [6, 6.07) is 19.7. The molecule has 0 amide bonds. The molecule has 0 aromatic heterocycles. The van der Waals surface area contributed by atoms with E-state index in [9.17, 15) is 0 Å². The first-order valence-corrected chi connectivity index (χ1v) is 6.10. The molecule has 0 aliphatic heterocycles. The number of rotatable bonds is 0. The molecule has 0 unspecified atom stereocenters. The van der Waals surface area contributed by atoms with Gasteiger partial charge >= 0.3 is 48.9 Å². The fourth-order valence-corrected chi connectivity index (χ4v) is 0.956. The molecule has 0 atom stereocenters. The quantitative estimate of drug-likeness (QED) is 0.300. The van der Waals surface area contributed by atoms with Crippen molar-refractivity contribution in [2.75, 3.05) is 0 Å². The van der Waals surface area contributed by atoms with Crippen LogP contribution in [0.3, 0.4) is 0 Å². The molecule has 2 aromatic carbocycles. The summed E-state index contributed by atoms with van der Waals surface area (Å²) in [5.41, 5.74) is 6.85. The second-order valence-electron chi connectivity index (χ2n) is 3.31. The minimum absolute atomic E-state index is 0. The molecular weight excluding hydrogens is 396 g/mol. The summed E-state index contributed by atoms with van der Waals surface area (Å²) in [6.45, 7) is 7.44. The van der Waals surface area contributed by atoms with E-state index in [1.165, 1.54) is 0 Å². The largest absolute Gasteiger partial charge is 2.00 e. The second-order valence-corrected chi connectivity index (χ2v) is 4.53. The van der Waals surface area contributed by atoms with Gasteiger partial charge < -0.3 is 5.73 Å². The zero-order valence-corrected chi connectivity index (χ0v) is 17.0. The van der Waals surface area contributed by atoms with Crippen molar-refractivity contribution in [2.24, 2.45) is 5.73 Å². The van der Waals surface area contributed by atoms with Gasteiger partial charge in [-0.15, -0.1) is 36.9 Å². The summed E-state index contributed by atoms with van der Waals surface area (Å²) < 4.78 is 0.194. The van der Waals surface area contributed by atoms with E-state index in [2.05, 4.69) is 38.7 Å². The Morgan fingerprint density at radius 1 is 0.842 bits per heavy atom. The minimum Gasteiger partial charge on any atom is -0.385 e. The maximum atomic E-state index is 4.71. The maximum absolute atomic E-state index is 4.71. The van der Waals surface area contributed by atoms with Gasteiger partial charge in [-0.25, -0.2) is 0 Å². The Morgan fingerprint density at radius 3 is 1.16 bits per heavy atom. The van der Waals surface area contributed by atoms with Gasteiger partial charge in [-0.05, 0) is 0 Å². The van der Waals surface area contributed by atoms with Crippen molar-refractivity contribution >= 4 is 78.0 Å². The molecule has 2 aromatic rings. The smallest absolute Gasteiger partial charge is 0.385 e. The van der Waals surface area contributed by atoms with E-state index in [0.29, 0.717) is 0 Å². The predicted molar refractivity (Wildman–Crippen MR) is 93.3 cm³/mol. The molecule has 0 saturated heterocycles. The Morgan fingerprint density at radius 2 is 1.05 bits per heavy atom. The second kappa shape index (κ2) is 14.4. The molecule has 96 valence electrons. The van der Waals surface area contributed by atoms with E-state index in [0.717, 1.165) is 11.1 Å². The first kappa shape index (κ1) is 21.3. The van der Waals surface area contributed by atoms with Gasteiger partial charge in [0.1, 0.15) is 4.32 Å². The van der Waals surface area contributed by atoms with Crippen molar-refractivity contribution in [2.45, 2.75) is 0 Å². The molecule has 2 N–H and O–H groups in total. The summed E-state index contributed by atoms with van der Waals surface area (Å²) >= 11 is 7.65. The van der Waals surface area contributed by atoms with Gasteiger partial charge in [-0.1, -0.05) is 24.4 Å². The molecule has 4 heteroatoms. The van der Waals surface area contributed by atoms with Crippen LogP contribution in [0.25, 0.3) is 0 Å². The fourth-order valence-electron chi connectivity index (χ4n) is 0.956. The van der Waals surface area contributed by atoms with Crippen LogP contribution in [0.1, 0.15) is 11.1 Å². The molecule has 0 fully saturated rings. The van der Waals surface area contributed by atoms with Crippen LogP contribution in [0.4, 0.5) is 0 Å². The van der Waals surface area contributed by atoms with E-state index in [1.807, 2.05) is 60.7 Å². The van der Waals surface area contributed by atoms with E-state index in [-0.39, 0.29) is 53.2 Å². The van der Waals surface area contributed by atoms with Gasteiger partial charge in [0.15, 0.2) is 0 Å². The van der Waals surface area contributed by atoms with Crippen molar-refractivity contribution in [1.29, 1.82) is 0 Å². The van der Waals surface area contributed by atoms with Gasteiger partial charge in [0.2, 0.25) is 0 Å². The number of nitrogens with two attached hydrogens (primary N) is 1. The summed E-state index contributed by atoms with van der Waals surface area (Å²) in [5, 5.41) is 0. The zero-order valence-electron chi connectivity index (χ0n) is 10.8. The van der Waals surface area contributed by atoms with E-state index in [4.69, 9.17) is 5.73 Å². The Hall–Kier alpha value is -0.00857. The van der Waals surface area contributed by atoms with Crippen LogP contribution in [0, 0.1) is 13.8 Å². The van der Waals surface area contributed by atoms with Gasteiger partial charge in [0.25, 0.3) is 0 Å². The molecule has 0 bridgehead atoms. The average molecular weight is 413 g/mol. The SMILES string of the molecule is NC(=S)S.[Ba+2].[CH2-]c1ccccc1.[CH2-]c1ccccc1. The molecule has 19 heavy (non-hydrogen) atoms. The van der Waals surface area contributed by atoms with Gasteiger partial charge in [0.05, 0.1) is 0 Å². The van der Waals surface area contributed by atoms with Crippen molar-refractivity contribution in [3.63, 3.8) is 0 Å². The van der Waals surface area contributed by atoms with Crippen LogP contribution < -0.4 is 5.73 Å². The first-order chi connectivity index (χ1) is 8.52. The molecular formula is C15H17BaNS2. The molecule has 0 spiro atoms. The Bertz CT molecular complexity index is 391. The van der Waals surface area contributed by atoms with Crippen molar-refractivity contribution in [1.82, 2.24) is 0 Å². The van der Waals surface area contributed by atoms with E-state index < -0.39 is 0 Å². The molecule has 0 aliphatic carbocycles. The van der Waals surface area contributed by atoms with Crippen LogP contribution >= 0.6 is 24.8 Å². The summed E-state index contributed by atoms with van der Waals surface area (Å²) in [6.07, 6.45) is 0. The van der Waals surface area contributed by atoms with Crippen molar-refractivity contribution < 1.29 is 0 Å². The topological polar surface area (TPSA) is 26.0 Å². The molecule has 0 heterocycles. The van der Waals surface area contributed by atoms with Crippen LogP contribution in [0.2, 0.25) is 0 Å². The van der Waals surface area contributed by atoms with Crippen LogP contribution in [-0.2, 0) is 0 Å². The van der Waals surface area contributed by atoms with Gasteiger partial charge in [0, 0.05) is 0 Å². The minimum atomic E-state index is 0. The van der Waals surface area contributed by atoms with Crippen molar-refractivity contribution in [3.05, 3.63) is 85.6 Å². The number of benzene rings is 2. The Balaban J connectivity index is 0. The number of hydrogen-bond acceptors (Lipinski definition) is 1. The standard InChI is InChI=1S/2C7H7.CH3NS2.Ba/c2*1-7-5-3-2-4-6-7;2-1(3)4;/h2*2-6H,1H2;(H3,2,3,4);/q2*-1;;+2. The number of thiocarbonyl (C=S) groups is 1. The molecule has 0 radical (unpaired) electrons. The van der Waals surface area contributed by atoms with E-state index in [1.54, 1.807) is 0 Å². The molecule has 1 nitrogen and oxygen atoms in total. The van der Waals surface area contributed by atoms with Gasteiger partial charge in [-0.2, -0.15) is 49.2 Å². The zero-order chi connectivity index (χ0) is 13.8. The number of hydrogen-bond donors (Lipinski definition) is 2. The summed E-state index contributed by atoms with van der Waals surface area (Å²) in [5.74, 6) is 0. The first-order valence-electron chi connectivity index (χ1n) is 5.24. The molecule has 0 aliphatic rings. The van der Waals surface area contributed by atoms with Gasteiger partial charge in [-0.3, -0.25) is 0 Å². The Kier molecular flexibility index (Phi) is 16.1. The van der Waals surface area contributed by atoms with Crippen molar-refractivity contribution in [3.8, 4) is 0 Å². The third-order valence-electron chi connectivity index (χ3n) is 1.69. The van der Waals surface area contributed by atoms with Crippen LogP contribution in [0.5, 0.6) is 0 Å². The molecule has 2 rings (SSSR count). The monoisotopic (exact) mass is 413 g/mol. The maximum Gasteiger partial charge on any atom is 2.00 e. The Labute approximate surface area is 167 Å². The average Bonchev–Trinajstić information content (AvgIpc) is 2.31. The molecule has 0 saturated carbocycles. The third-order valence-corrected chi connectivity index (χ3v) is 1.69. The normalized spacial score (nSPS) is 7.63. The number of thiol groups is 1. The predicted octanol–water partition coefficient (Wildman–Crippen LogP) is 3.52. The summed E-state index contributed by atoms with van der Waals surface area (Å²) in [7, 11) is 0. The van der Waals surface area contributed by atoms with Crippen LogP contribution in [-0.4, -0.2) is 53.2 Å². The third kappa shape index (κ3) is 18.0. The van der Waals surface area contributed by atoms with E-state index >= 15 is 0 Å². The van der Waals surface area contributed by atoms with Crippen LogP contribution in [0.15, 0.2) is 60.7 Å². The summed E-state index contributed by atoms with van der Waals surface area (Å²) in [4.78, 5) is 0.